The zero-order valence-electron chi connectivity index (χ0n) is 12.2. The van der Waals surface area contributed by atoms with Gasteiger partial charge in [0.1, 0.15) is 0 Å². The predicted molar refractivity (Wildman–Crippen MR) is 78.6 cm³/mol. The number of anilines is 3. The first-order chi connectivity index (χ1) is 9.51. The van der Waals surface area contributed by atoms with Gasteiger partial charge in [0, 0.05) is 27.2 Å². The zero-order valence-corrected chi connectivity index (χ0v) is 12.2. The molecule has 1 saturated heterocycles. The first kappa shape index (κ1) is 14.7. The summed E-state index contributed by atoms with van der Waals surface area (Å²) < 4.78 is 0. The quantitative estimate of drug-likeness (QED) is 0.516. The molecule has 1 aliphatic rings. The van der Waals surface area contributed by atoms with Crippen molar-refractivity contribution in [1.29, 1.82) is 0 Å². The fourth-order valence-electron chi connectivity index (χ4n) is 2.34. The lowest BCUT2D eigenvalue weighted by molar-refractivity contribution is 0.109. The molecule has 1 aliphatic heterocycles. The molecule has 0 amide bonds. The molecule has 0 spiro atoms. The topological polar surface area (TPSA) is 103 Å². The number of nitrogen functional groups attached to an aromatic ring is 1. The van der Waals surface area contributed by atoms with Gasteiger partial charge >= 0.3 is 0 Å². The molecule has 20 heavy (non-hydrogen) atoms. The van der Waals surface area contributed by atoms with Crippen LogP contribution in [0.25, 0.3) is 0 Å². The Kier molecular flexibility index (Phi) is 4.56. The molecule has 1 fully saturated rings. The molecule has 8 heteroatoms. The maximum absolute atomic E-state index is 9.64. The van der Waals surface area contributed by atoms with E-state index in [1.165, 1.54) is 0 Å². The Hall–Kier alpha value is -1.67. The molecule has 2 rings (SSSR count). The Morgan fingerprint density at radius 3 is 2.45 bits per heavy atom. The summed E-state index contributed by atoms with van der Waals surface area (Å²) in [5.74, 6) is 7.31. The normalized spacial score (nSPS) is 17.9. The number of nitrogens with two attached hydrogens (primary N) is 1. The lowest BCUT2D eigenvalue weighted by Gasteiger charge is -2.33. The van der Waals surface area contributed by atoms with Crippen LogP contribution in [0.4, 0.5) is 17.8 Å². The third-order valence-corrected chi connectivity index (χ3v) is 3.65. The number of piperidine rings is 1. The number of rotatable bonds is 4. The average Bonchev–Trinajstić information content (AvgIpc) is 2.46. The van der Waals surface area contributed by atoms with Crippen molar-refractivity contribution in [3.8, 4) is 0 Å². The van der Waals surface area contributed by atoms with Gasteiger partial charge in [0.25, 0.3) is 0 Å². The fourth-order valence-corrected chi connectivity index (χ4v) is 2.34. The molecule has 1 aromatic heterocycles. The second-order valence-electron chi connectivity index (χ2n) is 5.36. The summed E-state index contributed by atoms with van der Waals surface area (Å²) in [5, 5.41) is 9.64. The van der Waals surface area contributed by atoms with Crippen LogP contribution in [0.15, 0.2) is 0 Å². The van der Waals surface area contributed by atoms with Crippen LogP contribution in [0.1, 0.15) is 19.8 Å². The first-order valence-electron chi connectivity index (χ1n) is 6.84. The van der Waals surface area contributed by atoms with Gasteiger partial charge in [0.15, 0.2) is 0 Å². The third kappa shape index (κ3) is 3.26. The highest BCUT2D eigenvalue weighted by Gasteiger charge is 2.24. The lowest BCUT2D eigenvalue weighted by Crippen LogP contribution is -2.38. The summed E-state index contributed by atoms with van der Waals surface area (Å²) in [5.41, 5.74) is 2.47. The summed E-state index contributed by atoms with van der Waals surface area (Å²) in [4.78, 5) is 16.9. The van der Waals surface area contributed by atoms with Gasteiger partial charge in [-0.3, -0.25) is 5.43 Å². The average molecular weight is 281 g/mol. The molecule has 8 nitrogen and oxygen atoms in total. The highest BCUT2D eigenvalue weighted by atomic mass is 16.3. The first-order valence-corrected chi connectivity index (χ1v) is 6.84. The molecule has 0 radical (unpaired) electrons. The van der Waals surface area contributed by atoms with Crippen molar-refractivity contribution in [2.45, 2.75) is 25.9 Å². The summed E-state index contributed by atoms with van der Waals surface area (Å²) in [6.07, 6.45) is 1.62. The van der Waals surface area contributed by atoms with Gasteiger partial charge in [-0.15, -0.1) is 0 Å². The van der Waals surface area contributed by atoms with Crippen molar-refractivity contribution >= 4 is 17.8 Å². The number of aliphatic hydroxyl groups is 1. The highest BCUT2D eigenvalue weighted by molar-refractivity contribution is 5.44. The Morgan fingerprint density at radius 1 is 1.30 bits per heavy atom. The van der Waals surface area contributed by atoms with Crippen molar-refractivity contribution in [2.24, 2.45) is 11.8 Å². The van der Waals surface area contributed by atoms with Gasteiger partial charge in [-0.2, -0.15) is 15.0 Å². The Labute approximate surface area is 119 Å². The molecule has 112 valence electrons. The van der Waals surface area contributed by atoms with Gasteiger partial charge in [-0.1, -0.05) is 0 Å². The number of nitrogens with zero attached hydrogens (tertiary/aromatic N) is 5. The molecule has 1 unspecified atom stereocenters. The zero-order chi connectivity index (χ0) is 14.7. The van der Waals surface area contributed by atoms with E-state index in [1.807, 2.05) is 25.9 Å². The number of hydrazine groups is 1. The van der Waals surface area contributed by atoms with E-state index in [2.05, 4.69) is 25.3 Å². The minimum atomic E-state index is -0.255. The molecular formula is C12H23N7O. The molecule has 0 aromatic carbocycles. The lowest BCUT2D eigenvalue weighted by atomic mass is 9.92. The van der Waals surface area contributed by atoms with Crippen LogP contribution in [-0.2, 0) is 0 Å². The van der Waals surface area contributed by atoms with Crippen molar-refractivity contribution in [3.05, 3.63) is 0 Å². The van der Waals surface area contributed by atoms with Crippen molar-refractivity contribution in [2.75, 3.05) is 42.4 Å². The number of hydrogen-bond acceptors (Lipinski definition) is 8. The number of nitrogens with one attached hydrogen (secondary N) is 1. The van der Waals surface area contributed by atoms with Crippen molar-refractivity contribution in [1.82, 2.24) is 15.0 Å². The van der Waals surface area contributed by atoms with Crippen LogP contribution >= 0.6 is 0 Å². The highest BCUT2D eigenvalue weighted by Crippen LogP contribution is 2.24. The molecule has 0 bridgehead atoms. The molecule has 2 heterocycles. The van der Waals surface area contributed by atoms with Gasteiger partial charge in [0.2, 0.25) is 17.8 Å². The Bertz CT molecular complexity index is 443. The summed E-state index contributed by atoms with van der Waals surface area (Å²) >= 11 is 0. The maximum atomic E-state index is 9.64. The Balaban J connectivity index is 2.15. The molecule has 1 atom stereocenters. The predicted octanol–water partition coefficient (Wildman–Crippen LogP) is -0.180. The fraction of sp³-hybridized carbons (Fsp3) is 0.750. The van der Waals surface area contributed by atoms with E-state index >= 15 is 0 Å². The molecular weight excluding hydrogens is 258 g/mol. The van der Waals surface area contributed by atoms with E-state index in [1.54, 1.807) is 0 Å². The smallest absolute Gasteiger partial charge is 0.243 e. The van der Waals surface area contributed by atoms with Crippen LogP contribution in [0.2, 0.25) is 0 Å². The largest absolute Gasteiger partial charge is 0.393 e. The van der Waals surface area contributed by atoms with Crippen molar-refractivity contribution in [3.63, 3.8) is 0 Å². The minimum absolute atomic E-state index is 0.255. The number of aromatic nitrogens is 3. The van der Waals surface area contributed by atoms with Gasteiger partial charge in [-0.05, 0) is 25.7 Å². The minimum Gasteiger partial charge on any atom is -0.393 e. The third-order valence-electron chi connectivity index (χ3n) is 3.65. The number of hydrogen-bond donors (Lipinski definition) is 3. The summed E-state index contributed by atoms with van der Waals surface area (Å²) in [7, 11) is 3.75. The molecule has 0 saturated carbocycles. The van der Waals surface area contributed by atoms with Gasteiger partial charge in [-0.25, -0.2) is 5.84 Å². The standard InChI is InChI=1S/C12H23N7O/c1-8(20)9-4-6-19(7-5-9)12-15-10(17-13)14-11(16-12)18(2)3/h8-9,20H,4-7,13H2,1-3H3,(H,14,15,16,17). The van der Waals surface area contributed by atoms with Crippen molar-refractivity contribution < 1.29 is 5.11 Å². The molecule has 1 aromatic rings. The molecule has 0 aliphatic carbocycles. The monoisotopic (exact) mass is 281 g/mol. The Morgan fingerprint density at radius 2 is 1.95 bits per heavy atom. The maximum Gasteiger partial charge on any atom is 0.243 e. The van der Waals surface area contributed by atoms with Crippen LogP contribution < -0.4 is 21.1 Å². The summed E-state index contributed by atoms with van der Waals surface area (Å²) in [6, 6.07) is 0. The summed E-state index contributed by atoms with van der Waals surface area (Å²) in [6.45, 7) is 3.51. The SMILES string of the molecule is CC(O)C1CCN(c2nc(NN)nc(N(C)C)n2)CC1. The molecule has 4 N–H and O–H groups in total. The van der Waals surface area contributed by atoms with E-state index in [0.717, 1.165) is 25.9 Å². The van der Waals surface area contributed by atoms with E-state index in [9.17, 15) is 5.11 Å². The van der Waals surface area contributed by atoms with Gasteiger partial charge < -0.3 is 14.9 Å². The van der Waals surface area contributed by atoms with E-state index in [4.69, 9.17) is 5.84 Å². The second kappa shape index (κ2) is 6.19. The van der Waals surface area contributed by atoms with E-state index < -0.39 is 0 Å². The van der Waals surface area contributed by atoms with E-state index in [-0.39, 0.29) is 6.10 Å². The van der Waals surface area contributed by atoms with E-state index in [0.29, 0.717) is 23.8 Å². The van der Waals surface area contributed by atoms with Crippen LogP contribution in [0.3, 0.4) is 0 Å². The van der Waals surface area contributed by atoms with Crippen LogP contribution in [0, 0.1) is 5.92 Å². The number of aliphatic hydroxyl groups excluding tert-OH is 1. The van der Waals surface area contributed by atoms with Crippen LogP contribution in [0.5, 0.6) is 0 Å². The van der Waals surface area contributed by atoms with Crippen LogP contribution in [-0.4, -0.2) is 53.3 Å². The second-order valence-corrected chi connectivity index (χ2v) is 5.36. The van der Waals surface area contributed by atoms with Gasteiger partial charge in [0.05, 0.1) is 6.10 Å².